The molecular weight excluding hydrogens is 266 g/mol. The predicted molar refractivity (Wildman–Crippen MR) is 71.1 cm³/mol. The second kappa shape index (κ2) is 5.85. The summed E-state index contributed by atoms with van der Waals surface area (Å²) in [5.41, 5.74) is 1.60. The molecule has 0 unspecified atom stereocenters. The molecule has 1 aromatic heterocycles. The van der Waals surface area contributed by atoms with Crippen LogP contribution in [0.25, 0.3) is 0 Å². The molecule has 1 heterocycles. The zero-order chi connectivity index (χ0) is 13.7. The summed E-state index contributed by atoms with van der Waals surface area (Å²) >= 11 is 0. The third-order valence-corrected chi connectivity index (χ3v) is 4.03. The first-order valence-corrected chi connectivity index (χ1v) is 7.33. The fourth-order valence-electron chi connectivity index (χ4n) is 1.55. The van der Waals surface area contributed by atoms with Crippen molar-refractivity contribution in [2.75, 3.05) is 11.9 Å². The van der Waals surface area contributed by atoms with Crippen LogP contribution >= 0.6 is 0 Å². The van der Waals surface area contributed by atoms with Gasteiger partial charge in [0.1, 0.15) is 12.0 Å². The van der Waals surface area contributed by atoms with E-state index in [1.54, 1.807) is 37.3 Å². The van der Waals surface area contributed by atoms with Gasteiger partial charge in [-0.1, -0.05) is 12.1 Å². The number of nitrogens with zero attached hydrogens (tertiary/aromatic N) is 1. The first-order valence-electron chi connectivity index (χ1n) is 5.84. The Morgan fingerprint density at radius 2 is 1.95 bits per heavy atom. The van der Waals surface area contributed by atoms with Crippen molar-refractivity contribution in [1.29, 1.82) is 0 Å². The molecule has 6 nitrogen and oxygen atoms in total. The molecule has 0 bridgehead atoms. The molecule has 0 saturated carbocycles. The lowest BCUT2D eigenvalue weighted by atomic mass is 10.3. The number of hydrogen-bond donors (Lipinski definition) is 2. The molecule has 0 aliphatic heterocycles. The molecule has 102 valence electrons. The van der Waals surface area contributed by atoms with E-state index in [0.717, 1.165) is 11.4 Å². The number of hydrogen-bond acceptors (Lipinski definition) is 5. The molecule has 0 spiro atoms. The maximum atomic E-state index is 11.7. The molecule has 0 aliphatic rings. The highest BCUT2D eigenvalue weighted by atomic mass is 32.2. The number of aromatic nitrogens is 1. The van der Waals surface area contributed by atoms with Crippen LogP contribution in [0.2, 0.25) is 0 Å². The fourth-order valence-corrected chi connectivity index (χ4v) is 2.59. The molecule has 2 N–H and O–H groups in total. The normalized spacial score (nSPS) is 11.4. The zero-order valence-electron chi connectivity index (χ0n) is 10.5. The minimum Gasteiger partial charge on any atom is -0.379 e. The molecule has 0 amide bonds. The minimum atomic E-state index is -3.39. The number of nitrogens with one attached hydrogen (secondary N) is 2. The van der Waals surface area contributed by atoms with E-state index in [-0.39, 0.29) is 4.90 Å². The molecular formula is C12H15N3O3S. The van der Waals surface area contributed by atoms with E-state index < -0.39 is 10.0 Å². The van der Waals surface area contributed by atoms with Crippen molar-refractivity contribution in [3.05, 3.63) is 42.3 Å². The molecule has 2 aromatic rings. The molecule has 19 heavy (non-hydrogen) atoms. The van der Waals surface area contributed by atoms with Crippen LogP contribution in [0.15, 0.2) is 46.0 Å². The first-order chi connectivity index (χ1) is 9.12. The molecule has 0 radical (unpaired) electrons. The van der Waals surface area contributed by atoms with Gasteiger partial charge in [0, 0.05) is 18.3 Å². The van der Waals surface area contributed by atoms with Gasteiger partial charge in [0.15, 0.2) is 0 Å². The number of rotatable bonds is 6. The quantitative estimate of drug-likeness (QED) is 0.840. The highest BCUT2D eigenvalue weighted by molar-refractivity contribution is 7.89. The molecule has 7 heteroatoms. The molecule has 2 rings (SSSR count). The van der Waals surface area contributed by atoms with E-state index in [0.29, 0.717) is 13.1 Å². The summed E-state index contributed by atoms with van der Waals surface area (Å²) < 4.78 is 30.6. The third kappa shape index (κ3) is 3.55. The maximum Gasteiger partial charge on any atom is 0.240 e. The number of sulfonamides is 1. The summed E-state index contributed by atoms with van der Waals surface area (Å²) in [4.78, 5) is 0.251. The Balaban J connectivity index is 2.02. The van der Waals surface area contributed by atoms with Gasteiger partial charge in [0.2, 0.25) is 10.0 Å². The van der Waals surface area contributed by atoms with Crippen LogP contribution in [-0.2, 0) is 16.6 Å². The van der Waals surface area contributed by atoms with E-state index in [2.05, 4.69) is 15.2 Å². The molecule has 1 aromatic carbocycles. The largest absolute Gasteiger partial charge is 0.379 e. The van der Waals surface area contributed by atoms with E-state index in [9.17, 15) is 8.42 Å². The van der Waals surface area contributed by atoms with Crippen LogP contribution in [0.4, 0.5) is 5.69 Å². The number of anilines is 1. The monoisotopic (exact) mass is 281 g/mol. The average molecular weight is 281 g/mol. The average Bonchev–Trinajstić information content (AvgIpc) is 2.90. The van der Waals surface area contributed by atoms with E-state index >= 15 is 0 Å². The summed E-state index contributed by atoms with van der Waals surface area (Å²) in [5.74, 6) is 0. The van der Waals surface area contributed by atoms with Gasteiger partial charge in [0.25, 0.3) is 0 Å². The van der Waals surface area contributed by atoms with Crippen molar-refractivity contribution in [3.8, 4) is 0 Å². The highest BCUT2D eigenvalue weighted by Gasteiger charge is 2.11. The number of benzene rings is 1. The standard InChI is InChI=1S/C12H15N3O3S/c1-2-14-19(16,17)12-5-3-10(4-6-12)13-9-11-7-8-18-15-11/h3-8,13-14H,2,9H2,1H3. The Bertz CT molecular complexity index is 606. The van der Waals surface area contributed by atoms with Gasteiger partial charge in [-0.3, -0.25) is 0 Å². The van der Waals surface area contributed by atoms with Crippen LogP contribution in [0.3, 0.4) is 0 Å². The van der Waals surface area contributed by atoms with Crippen molar-refractivity contribution < 1.29 is 12.9 Å². The lowest BCUT2D eigenvalue weighted by Crippen LogP contribution is -2.23. The summed E-state index contributed by atoms with van der Waals surface area (Å²) in [5, 5.41) is 6.89. The van der Waals surface area contributed by atoms with Gasteiger partial charge >= 0.3 is 0 Å². The van der Waals surface area contributed by atoms with Crippen LogP contribution in [0.5, 0.6) is 0 Å². The second-order valence-electron chi connectivity index (χ2n) is 3.87. The molecule has 0 saturated heterocycles. The Labute approximate surface area is 111 Å². The molecule has 0 atom stereocenters. The second-order valence-corrected chi connectivity index (χ2v) is 5.64. The summed E-state index contributed by atoms with van der Waals surface area (Å²) in [6, 6.07) is 8.30. The smallest absolute Gasteiger partial charge is 0.240 e. The van der Waals surface area contributed by atoms with Gasteiger partial charge < -0.3 is 9.84 Å². The highest BCUT2D eigenvalue weighted by Crippen LogP contribution is 2.14. The third-order valence-electron chi connectivity index (χ3n) is 2.46. The lowest BCUT2D eigenvalue weighted by Gasteiger charge is -2.07. The van der Waals surface area contributed by atoms with Gasteiger partial charge in [-0.25, -0.2) is 13.1 Å². The van der Waals surface area contributed by atoms with Crippen molar-refractivity contribution in [2.24, 2.45) is 0 Å². The topological polar surface area (TPSA) is 84.2 Å². The van der Waals surface area contributed by atoms with Crippen molar-refractivity contribution in [3.63, 3.8) is 0 Å². The van der Waals surface area contributed by atoms with Crippen LogP contribution in [0, 0.1) is 0 Å². The van der Waals surface area contributed by atoms with Gasteiger partial charge in [-0.05, 0) is 24.3 Å². The van der Waals surface area contributed by atoms with Gasteiger partial charge in [-0.2, -0.15) is 0 Å². The molecule has 0 fully saturated rings. The van der Waals surface area contributed by atoms with Crippen molar-refractivity contribution in [2.45, 2.75) is 18.4 Å². The van der Waals surface area contributed by atoms with Gasteiger partial charge in [0.05, 0.1) is 11.4 Å². The Morgan fingerprint density at radius 3 is 2.53 bits per heavy atom. The fraction of sp³-hybridized carbons (Fsp3) is 0.250. The van der Waals surface area contributed by atoms with Crippen LogP contribution in [0.1, 0.15) is 12.6 Å². The SMILES string of the molecule is CCNS(=O)(=O)c1ccc(NCc2ccon2)cc1. The molecule has 0 aliphatic carbocycles. The Hall–Kier alpha value is -1.86. The van der Waals surface area contributed by atoms with Gasteiger partial charge in [-0.15, -0.1) is 0 Å². The Morgan fingerprint density at radius 1 is 1.21 bits per heavy atom. The maximum absolute atomic E-state index is 11.7. The minimum absolute atomic E-state index is 0.251. The summed E-state index contributed by atoms with van der Waals surface area (Å²) in [7, 11) is -3.39. The van der Waals surface area contributed by atoms with Crippen LogP contribution in [-0.4, -0.2) is 20.1 Å². The predicted octanol–water partition coefficient (Wildman–Crippen LogP) is 1.58. The van der Waals surface area contributed by atoms with Crippen LogP contribution < -0.4 is 10.0 Å². The van der Waals surface area contributed by atoms with E-state index in [4.69, 9.17) is 4.52 Å². The van der Waals surface area contributed by atoms with E-state index in [1.807, 2.05) is 0 Å². The first kappa shape index (κ1) is 13.6. The lowest BCUT2D eigenvalue weighted by molar-refractivity contribution is 0.412. The van der Waals surface area contributed by atoms with E-state index in [1.165, 1.54) is 6.26 Å². The summed E-state index contributed by atoms with van der Waals surface area (Å²) in [6.07, 6.45) is 1.50. The Kier molecular flexibility index (Phi) is 4.18. The van der Waals surface area contributed by atoms with Crippen molar-refractivity contribution in [1.82, 2.24) is 9.88 Å². The van der Waals surface area contributed by atoms with Crippen molar-refractivity contribution >= 4 is 15.7 Å². The summed E-state index contributed by atoms with van der Waals surface area (Å²) in [6.45, 7) is 2.63. The zero-order valence-corrected chi connectivity index (χ0v) is 11.3.